The first-order chi connectivity index (χ1) is 11.0. The monoisotopic (exact) mass is 347 g/mol. The van der Waals surface area contributed by atoms with Gasteiger partial charge >= 0.3 is 0 Å². The van der Waals surface area contributed by atoms with Gasteiger partial charge in [-0.15, -0.1) is 0 Å². The topological polar surface area (TPSA) is 77.2 Å². The van der Waals surface area contributed by atoms with Crippen LogP contribution in [0.1, 0.15) is 11.1 Å². The van der Waals surface area contributed by atoms with Crippen LogP contribution in [0.25, 0.3) is 0 Å². The summed E-state index contributed by atoms with van der Waals surface area (Å²) < 4.78 is 0. The summed E-state index contributed by atoms with van der Waals surface area (Å²) in [7, 11) is 0. The van der Waals surface area contributed by atoms with Gasteiger partial charge in [-0.2, -0.15) is 5.10 Å². The fourth-order valence-electron chi connectivity index (χ4n) is 2.05. The molecule has 2 aromatic carbocycles. The van der Waals surface area contributed by atoms with Crippen LogP contribution in [0.4, 0.5) is 5.69 Å². The summed E-state index contributed by atoms with van der Waals surface area (Å²) in [5.74, 6) is 0.295. The third-order valence-electron chi connectivity index (χ3n) is 3.40. The molecule has 118 valence electrons. The van der Waals surface area contributed by atoms with E-state index in [9.17, 15) is 10.2 Å². The Hall–Kier alpha value is -2.18. The zero-order chi connectivity index (χ0) is 16.4. The highest BCUT2D eigenvalue weighted by Gasteiger charge is 2.15. The lowest BCUT2D eigenvalue weighted by atomic mass is 10.1. The number of thioether (sulfide) groups is 1. The molecule has 0 spiro atoms. The summed E-state index contributed by atoms with van der Waals surface area (Å²) in [5.41, 5.74) is 6.15. The van der Waals surface area contributed by atoms with Gasteiger partial charge in [0.2, 0.25) is 0 Å². The zero-order valence-corrected chi connectivity index (χ0v) is 13.8. The summed E-state index contributed by atoms with van der Waals surface area (Å²) in [6, 6.07) is 10.2. The molecule has 1 heterocycles. The standard InChI is InChI=1S/C16H14ClN3O2S/c1-9-11(17)3-2-4-12(9)18-16-20-19-13(8-23-16)10-5-6-14(21)15(22)7-10/h2-7,21-22H,8H2,1H3,(H,18,20). The number of nitrogens with zero attached hydrogens (tertiary/aromatic N) is 2. The smallest absolute Gasteiger partial charge is 0.182 e. The van der Waals surface area contributed by atoms with Gasteiger partial charge in [0.05, 0.1) is 11.4 Å². The quantitative estimate of drug-likeness (QED) is 0.722. The van der Waals surface area contributed by atoms with Crippen LogP contribution < -0.4 is 5.43 Å². The molecule has 0 radical (unpaired) electrons. The van der Waals surface area contributed by atoms with Crippen LogP contribution in [-0.4, -0.2) is 26.8 Å². The van der Waals surface area contributed by atoms with Crippen molar-refractivity contribution < 1.29 is 10.2 Å². The maximum atomic E-state index is 9.57. The molecule has 23 heavy (non-hydrogen) atoms. The van der Waals surface area contributed by atoms with Gasteiger partial charge in [-0.25, -0.2) is 4.99 Å². The number of aromatic hydroxyl groups is 2. The summed E-state index contributed by atoms with van der Waals surface area (Å²) in [5, 5.41) is 24.6. The fraction of sp³-hybridized carbons (Fsp3) is 0.125. The number of hydrogen-bond donors (Lipinski definition) is 3. The molecular formula is C16H14ClN3O2S. The molecule has 1 aliphatic heterocycles. The number of hydrogen-bond acceptors (Lipinski definition) is 5. The second-order valence-electron chi connectivity index (χ2n) is 4.96. The lowest BCUT2D eigenvalue weighted by Crippen LogP contribution is -2.25. The zero-order valence-electron chi connectivity index (χ0n) is 12.2. The number of benzene rings is 2. The molecule has 0 saturated heterocycles. The van der Waals surface area contributed by atoms with E-state index in [2.05, 4.69) is 15.5 Å². The molecular weight excluding hydrogens is 334 g/mol. The van der Waals surface area contributed by atoms with E-state index in [-0.39, 0.29) is 11.5 Å². The van der Waals surface area contributed by atoms with E-state index in [1.807, 2.05) is 25.1 Å². The van der Waals surface area contributed by atoms with Gasteiger partial charge < -0.3 is 10.2 Å². The number of hydrazone groups is 1. The van der Waals surface area contributed by atoms with Crippen LogP contribution in [-0.2, 0) is 0 Å². The molecule has 0 unspecified atom stereocenters. The van der Waals surface area contributed by atoms with Crippen LogP contribution in [0.2, 0.25) is 5.02 Å². The number of aliphatic imine (C=N–C) groups is 1. The second-order valence-corrected chi connectivity index (χ2v) is 6.33. The number of phenols is 2. The first kappa shape index (κ1) is 15.7. The number of nitrogens with one attached hydrogen (secondary N) is 1. The Labute approximate surface area is 142 Å². The van der Waals surface area contributed by atoms with Crippen LogP contribution in [0.15, 0.2) is 46.5 Å². The summed E-state index contributed by atoms with van der Waals surface area (Å²) in [6.45, 7) is 1.92. The highest BCUT2D eigenvalue weighted by Crippen LogP contribution is 2.28. The average Bonchev–Trinajstić information content (AvgIpc) is 2.55. The molecule has 0 amide bonds. The maximum absolute atomic E-state index is 9.57. The summed E-state index contributed by atoms with van der Waals surface area (Å²) in [6.07, 6.45) is 0. The number of phenolic OH excluding ortho intramolecular Hbond substituents is 2. The molecule has 0 aliphatic carbocycles. The highest BCUT2D eigenvalue weighted by molar-refractivity contribution is 8.14. The van der Waals surface area contributed by atoms with Crippen LogP contribution >= 0.6 is 23.4 Å². The van der Waals surface area contributed by atoms with Crippen molar-refractivity contribution in [2.45, 2.75) is 6.92 Å². The van der Waals surface area contributed by atoms with E-state index in [4.69, 9.17) is 11.6 Å². The molecule has 2 aromatic rings. The first-order valence-electron chi connectivity index (χ1n) is 6.86. The average molecular weight is 348 g/mol. The van der Waals surface area contributed by atoms with Crippen LogP contribution in [0, 0.1) is 6.92 Å². The number of amidine groups is 1. The highest BCUT2D eigenvalue weighted by atomic mass is 35.5. The molecule has 7 heteroatoms. The van der Waals surface area contributed by atoms with Crippen molar-refractivity contribution in [3.8, 4) is 11.5 Å². The molecule has 0 fully saturated rings. The van der Waals surface area contributed by atoms with Crippen molar-refractivity contribution in [3.63, 3.8) is 0 Å². The summed E-state index contributed by atoms with van der Waals surface area (Å²) >= 11 is 7.60. The van der Waals surface area contributed by atoms with Gasteiger partial charge in [0.15, 0.2) is 16.7 Å². The van der Waals surface area contributed by atoms with Gasteiger partial charge in [0, 0.05) is 16.3 Å². The number of halogens is 1. The minimum atomic E-state index is -0.163. The van der Waals surface area contributed by atoms with E-state index in [0.29, 0.717) is 15.9 Å². The van der Waals surface area contributed by atoms with Crippen molar-refractivity contribution in [1.29, 1.82) is 0 Å². The van der Waals surface area contributed by atoms with E-state index < -0.39 is 0 Å². The van der Waals surface area contributed by atoms with Crippen molar-refractivity contribution in [2.24, 2.45) is 10.1 Å². The largest absolute Gasteiger partial charge is 0.504 e. The van der Waals surface area contributed by atoms with Gasteiger partial charge in [0.1, 0.15) is 0 Å². The lowest BCUT2D eigenvalue weighted by Gasteiger charge is -2.15. The Bertz CT molecular complexity index is 821. The third kappa shape index (κ3) is 3.43. The van der Waals surface area contributed by atoms with E-state index in [0.717, 1.165) is 22.5 Å². The van der Waals surface area contributed by atoms with Crippen LogP contribution in [0.3, 0.4) is 0 Å². The minimum Gasteiger partial charge on any atom is -0.504 e. The Morgan fingerprint density at radius 3 is 2.74 bits per heavy atom. The SMILES string of the molecule is Cc1c(Cl)cccc1N=C1NN=C(c2ccc(O)c(O)c2)CS1. The molecule has 0 aromatic heterocycles. The van der Waals surface area contributed by atoms with Crippen molar-refractivity contribution in [3.05, 3.63) is 52.5 Å². The number of rotatable bonds is 2. The lowest BCUT2D eigenvalue weighted by molar-refractivity contribution is 0.403. The van der Waals surface area contributed by atoms with Crippen LogP contribution in [0.5, 0.6) is 11.5 Å². The Morgan fingerprint density at radius 1 is 1.22 bits per heavy atom. The van der Waals surface area contributed by atoms with Gasteiger partial charge in [-0.3, -0.25) is 5.43 Å². The molecule has 0 saturated carbocycles. The van der Waals surface area contributed by atoms with Crippen molar-refractivity contribution in [1.82, 2.24) is 5.43 Å². The van der Waals surface area contributed by atoms with Gasteiger partial charge in [-0.1, -0.05) is 29.4 Å². The Kier molecular flexibility index (Phi) is 4.45. The summed E-state index contributed by atoms with van der Waals surface area (Å²) in [4.78, 5) is 4.53. The molecule has 0 bridgehead atoms. The van der Waals surface area contributed by atoms with Crippen molar-refractivity contribution in [2.75, 3.05) is 5.75 Å². The Morgan fingerprint density at radius 2 is 2.04 bits per heavy atom. The van der Waals surface area contributed by atoms with Gasteiger partial charge in [-0.05, 0) is 42.8 Å². The van der Waals surface area contributed by atoms with Gasteiger partial charge in [0.25, 0.3) is 0 Å². The van der Waals surface area contributed by atoms with E-state index in [1.165, 1.54) is 23.9 Å². The molecule has 3 N–H and O–H groups in total. The fourth-order valence-corrected chi connectivity index (χ4v) is 3.00. The molecule has 1 aliphatic rings. The second kappa shape index (κ2) is 6.52. The molecule has 5 nitrogen and oxygen atoms in total. The van der Waals surface area contributed by atoms with Crippen molar-refractivity contribution >= 4 is 39.9 Å². The molecule has 0 atom stereocenters. The predicted octanol–water partition coefficient (Wildman–Crippen LogP) is 3.79. The third-order valence-corrected chi connectivity index (χ3v) is 4.69. The predicted molar refractivity (Wildman–Crippen MR) is 95.2 cm³/mol. The van der Waals surface area contributed by atoms with E-state index >= 15 is 0 Å². The van der Waals surface area contributed by atoms with E-state index in [1.54, 1.807) is 6.07 Å². The molecule has 3 rings (SSSR count). The normalized spacial score (nSPS) is 16.1. The Balaban J connectivity index is 1.81. The maximum Gasteiger partial charge on any atom is 0.182 e. The minimum absolute atomic E-state index is 0.149. The first-order valence-corrected chi connectivity index (χ1v) is 8.22.